The van der Waals surface area contributed by atoms with E-state index < -0.39 is 0 Å². The van der Waals surface area contributed by atoms with Gasteiger partial charge in [0.15, 0.2) is 0 Å². The van der Waals surface area contributed by atoms with Crippen LogP contribution in [0.25, 0.3) is 0 Å². The van der Waals surface area contributed by atoms with E-state index in [1.165, 1.54) is 96.3 Å². The summed E-state index contributed by atoms with van der Waals surface area (Å²) in [5.74, 6) is 0. The van der Waals surface area contributed by atoms with Crippen molar-refractivity contribution in [3.05, 3.63) is 12.2 Å². The zero-order valence-electron chi connectivity index (χ0n) is 14.0. The second-order valence-corrected chi connectivity index (χ2v) is 6.08. The van der Waals surface area contributed by atoms with Crippen molar-refractivity contribution in [1.82, 2.24) is 0 Å². The number of hydrogen-bond donors (Lipinski definition) is 1. The summed E-state index contributed by atoms with van der Waals surface area (Å²) < 4.78 is 0. The van der Waals surface area contributed by atoms with Crippen LogP contribution >= 0.6 is 0 Å². The van der Waals surface area contributed by atoms with E-state index in [9.17, 15) is 0 Å². The van der Waals surface area contributed by atoms with Gasteiger partial charge in [-0.05, 0) is 38.6 Å². The maximum Gasteiger partial charge on any atom is -0.00773 e. The molecule has 0 saturated carbocycles. The van der Waals surface area contributed by atoms with Crippen molar-refractivity contribution < 1.29 is 0 Å². The van der Waals surface area contributed by atoms with Crippen LogP contribution < -0.4 is 5.73 Å². The lowest BCUT2D eigenvalue weighted by Gasteiger charge is -2.00. The maximum absolute atomic E-state index is 5.48. The van der Waals surface area contributed by atoms with E-state index in [0.29, 0.717) is 0 Å². The van der Waals surface area contributed by atoms with Crippen LogP contribution in [-0.4, -0.2) is 6.54 Å². The minimum Gasteiger partial charge on any atom is -0.330 e. The Balaban J connectivity index is 3.01. The lowest BCUT2D eigenvalue weighted by atomic mass is 10.1. The van der Waals surface area contributed by atoms with Gasteiger partial charge < -0.3 is 5.73 Å². The van der Waals surface area contributed by atoms with Crippen LogP contribution in [0.1, 0.15) is 103 Å². The Kier molecular flexibility index (Phi) is 18.4. The molecule has 0 bridgehead atoms. The molecule has 0 heterocycles. The smallest absolute Gasteiger partial charge is 0.00773 e. The Hall–Kier alpha value is -0.300. The molecule has 0 atom stereocenters. The van der Waals surface area contributed by atoms with Gasteiger partial charge in [-0.1, -0.05) is 83.3 Å². The molecule has 0 unspecified atom stereocenters. The predicted octanol–water partition coefficient (Wildman–Crippen LogP) is 6.37. The van der Waals surface area contributed by atoms with Crippen LogP contribution in [0, 0.1) is 0 Å². The standard InChI is InChI=1S/C19H39N/c1-2-3-4-5-6-7-8-9-10-11-12-13-14-15-16-17-18-19-20/h9-10H,2-8,11-20H2,1H3. The minimum absolute atomic E-state index is 0.864. The molecule has 0 aliphatic heterocycles. The van der Waals surface area contributed by atoms with E-state index in [1.54, 1.807) is 0 Å². The van der Waals surface area contributed by atoms with E-state index in [1.807, 2.05) is 0 Å². The molecule has 0 aromatic rings. The van der Waals surface area contributed by atoms with Gasteiger partial charge in [0, 0.05) is 0 Å². The number of allylic oxidation sites excluding steroid dienone is 2. The highest BCUT2D eigenvalue weighted by Crippen LogP contribution is 2.10. The highest BCUT2D eigenvalue weighted by atomic mass is 14.5. The number of hydrogen-bond acceptors (Lipinski definition) is 1. The largest absolute Gasteiger partial charge is 0.330 e. The molecule has 0 spiro atoms. The average molecular weight is 282 g/mol. The van der Waals surface area contributed by atoms with E-state index in [2.05, 4.69) is 19.1 Å². The Morgan fingerprint density at radius 3 is 1.40 bits per heavy atom. The van der Waals surface area contributed by atoms with Gasteiger partial charge in [-0.2, -0.15) is 0 Å². The van der Waals surface area contributed by atoms with Crippen LogP contribution in [0.5, 0.6) is 0 Å². The third-order valence-electron chi connectivity index (χ3n) is 3.97. The first-order chi connectivity index (χ1) is 9.91. The molecular weight excluding hydrogens is 242 g/mol. The molecule has 0 radical (unpaired) electrons. The van der Waals surface area contributed by atoms with E-state index >= 15 is 0 Å². The molecule has 0 aliphatic rings. The first kappa shape index (κ1) is 19.7. The molecule has 0 amide bonds. The quantitative estimate of drug-likeness (QED) is 0.258. The van der Waals surface area contributed by atoms with Gasteiger partial charge in [0.25, 0.3) is 0 Å². The summed E-state index contributed by atoms with van der Waals surface area (Å²) in [6.45, 7) is 3.15. The van der Waals surface area contributed by atoms with Gasteiger partial charge >= 0.3 is 0 Å². The van der Waals surface area contributed by atoms with Gasteiger partial charge in [0.2, 0.25) is 0 Å². The fourth-order valence-corrected chi connectivity index (χ4v) is 2.57. The first-order valence-electron chi connectivity index (χ1n) is 9.27. The SMILES string of the molecule is CCCCCCCCC=CCCCCCCCCCN. The van der Waals surface area contributed by atoms with Gasteiger partial charge in [0.05, 0.1) is 0 Å². The van der Waals surface area contributed by atoms with Crippen LogP contribution in [0.2, 0.25) is 0 Å². The van der Waals surface area contributed by atoms with Crippen LogP contribution in [0.4, 0.5) is 0 Å². The number of nitrogens with two attached hydrogens (primary N) is 1. The second kappa shape index (κ2) is 18.7. The molecule has 0 saturated heterocycles. The fraction of sp³-hybridized carbons (Fsp3) is 0.895. The molecular formula is C19H39N. The fourth-order valence-electron chi connectivity index (χ4n) is 2.57. The van der Waals surface area contributed by atoms with Crippen molar-refractivity contribution in [3.8, 4) is 0 Å². The Bertz CT molecular complexity index is 186. The topological polar surface area (TPSA) is 26.0 Å². The zero-order chi connectivity index (χ0) is 14.7. The van der Waals surface area contributed by atoms with Crippen molar-refractivity contribution in [1.29, 1.82) is 0 Å². The average Bonchev–Trinajstić information content (AvgIpc) is 2.47. The summed E-state index contributed by atoms with van der Waals surface area (Å²) in [6, 6.07) is 0. The van der Waals surface area contributed by atoms with Gasteiger partial charge in [-0.3, -0.25) is 0 Å². The van der Waals surface area contributed by atoms with Crippen molar-refractivity contribution in [3.63, 3.8) is 0 Å². The molecule has 20 heavy (non-hydrogen) atoms. The number of rotatable bonds is 16. The summed E-state index contributed by atoms with van der Waals surface area (Å²) in [5.41, 5.74) is 5.48. The summed E-state index contributed by atoms with van der Waals surface area (Å²) in [5, 5.41) is 0. The monoisotopic (exact) mass is 281 g/mol. The van der Waals surface area contributed by atoms with Gasteiger partial charge in [-0.15, -0.1) is 0 Å². The molecule has 1 heteroatoms. The predicted molar refractivity (Wildman–Crippen MR) is 93.1 cm³/mol. The molecule has 0 aromatic carbocycles. The molecule has 120 valence electrons. The van der Waals surface area contributed by atoms with Gasteiger partial charge in [-0.25, -0.2) is 0 Å². The van der Waals surface area contributed by atoms with E-state index in [4.69, 9.17) is 5.73 Å². The summed E-state index contributed by atoms with van der Waals surface area (Å²) in [6.07, 6.45) is 25.4. The third-order valence-corrected chi connectivity index (χ3v) is 3.97. The molecule has 0 aliphatic carbocycles. The van der Waals surface area contributed by atoms with Crippen molar-refractivity contribution >= 4 is 0 Å². The minimum atomic E-state index is 0.864. The van der Waals surface area contributed by atoms with Crippen LogP contribution in [0.3, 0.4) is 0 Å². The Labute approximate surface area is 128 Å². The Morgan fingerprint density at radius 2 is 0.950 bits per heavy atom. The highest BCUT2D eigenvalue weighted by Gasteiger charge is 1.91. The van der Waals surface area contributed by atoms with Crippen LogP contribution in [-0.2, 0) is 0 Å². The summed E-state index contributed by atoms with van der Waals surface area (Å²) in [7, 11) is 0. The maximum atomic E-state index is 5.48. The van der Waals surface area contributed by atoms with Crippen LogP contribution in [0.15, 0.2) is 12.2 Å². The molecule has 1 nitrogen and oxygen atoms in total. The van der Waals surface area contributed by atoms with Crippen molar-refractivity contribution in [2.45, 2.75) is 103 Å². The normalized spacial score (nSPS) is 11.5. The van der Waals surface area contributed by atoms with Crippen molar-refractivity contribution in [2.24, 2.45) is 5.73 Å². The Morgan fingerprint density at radius 1 is 0.550 bits per heavy atom. The number of unbranched alkanes of at least 4 members (excludes halogenated alkanes) is 13. The van der Waals surface area contributed by atoms with E-state index in [0.717, 1.165) is 6.54 Å². The molecule has 2 N–H and O–H groups in total. The third kappa shape index (κ3) is 17.7. The van der Waals surface area contributed by atoms with E-state index in [-0.39, 0.29) is 0 Å². The lowest BCUT2D eigenvalue weighted by Crippen LogP contribution is -1.97. The molecule has 0 fully saturated rings. The first-order valence-corrected chi connectivity index (χ1v) is 9.27. The molecule has 0 aromatic heterocycles. The molecule has 0 rings (SSSR count). The highest BCUT2D eigenvalue weighted by molar-refractivity contribution is 4.81. The van der Waals surface area contributed by atoms with Crippen molar-refractivity contribution in [2.75, 3.05) is 6.54 Å². The second-order valence-electron chi connectivity index (χ2n) is 6.08. The summed E-state index contributed by atoms with van der Waals surface area (Å²) in [4.78, 5) is 0. The zero-order valence-corrected chi connectivity index (χ0v) is 14.0. The summed E-state index contributed by atoms with van der Waals surface area (Å²) >= 11 is 0. The van der Waals surface area contributed by atoms with Gasteiger partial charge in [0.1, 0.15) is 0 Å². The lowest BCUT2D eigenvalue weighted by molar-refractivity contribution is 0.584.